The van der Waals surface area contributed by atoms with Crippen LogP contribution in [0.5, 0.6) is 0 Å². The second kappa shape index (κ2) is 44.5. The minimum Gasteiger partial charge on any atom is -0.208 e. The first-order valence-electron chi connectivity index (χ1n) is 45.5. The Morgan fingerprint density at radius 1 is 0.217 bits per heavy atom. The van der Waals surface area contributed by atoms with Crippen molar-refractivity contribution < 1.29 is 0 Å². The Morgan fingerprint density at radius 3 is 0.826 bits per heavy atom. The van der Waals surface area contributed by atoms with Gasteiger partial charge in [0.05, 0.1) is 5.41 Å². The molecule has 3 heteroatoms. The number of aryl methyl sites for hydroxylation is 17. The Bertz CT molecular complexity index is 4570. The van der Waals surface area contributed by atoms with Crippen LogP contribution in [0.1, 0.15) is 318 Å². The van der Waals surface area contributed by atoms with Crippen molar-refractivity contribution >= 4 is 0 Å². The molecule has 0 saturated heterocycles. The summed E-state index contributed by atoms with van der Waals surface area (Å²) >= 11 is 0. The molecule has 1 aromatic heterocycles. The highest BCUT2D eigenvalue weighted by Crippen LogP contribution is 2.58. The number of hydrogen-bond acceptors (Lipinski definition) is 3. The van der Waals surface area contributed by atoms with Gasteiger partial charge in [0, 0.05) is 16.7 Å². The second-order valence-electron chi connectivity index (χ2n) is 34.7. The van der Waals surface area contributed by atoms with Gasteiger partial charge in [-0.3, -0.25) is 0 Å². The van der Waals surface area contributed by atoms with Crippen LogP contribution in [0.2, 0.25) is 0 Å². The lowest BCUT2D eigenvalue weighted by Crippen LogP contribution is -2.29. The first-order chi connectivity index (χ1) is 55.8. The van der Waals surface area contributed by atoms with E-state index in [-0.39, 0.29) is 0 Å². The fourth-order valence-corrected chi connectivity index (χ4v) is 18.2. The highest BCUT2D eigenvalue weighted by molar-refractivity contribution is 5.91. The monoisotopic (exact) mass is 1530 g/mol. The molecule has 0 N–H and O–H groups in total. The number of rotatable bonds is 38. The molecule has 0 fully saturated rings. The van der Waals surface area contributed by atoms with Crippen molar-refractivity contribution in [1.29, 1.82) is 0 Å². The Balaban J connectivity index is 0.000000203. The molecule has 11 aromatic rings. The summed E-state index contributed by atoms with van der Waals surface area (Å²) in [5.41, 5.74) is 39.6. The molecule has 0 amide bonds. The van der Waals surface area contributed by atoms with E-state index in [0.717, 1.165) is 53.4 Å². The van der Waals surface area contributed by atoms with Crippen molar-refractivity contribution in [2.24, 2.45) is 0 Å². The predicted octanol–water partition coefficient (Wildman–Crippen LogP) is 32.6. The topological polar surface area (TPSA) is 38.7 Å². The average Bonchev–Trinajstić information content (AvgIpc) is 1.54. The van der Waals surface area contributed by atoms with E-state index in [1.54, 1.807) is 11.1 Å². The van der Waals surface area contributed by atoms with Crippen molar-refractivity contribution in [2.45, 2.75) is 322 Å². The van der Waals surface area contributed by atoms with Crippen LogP contribution in [0.3, 0.4) is 0 Å². The summed E-state index contributed by atoms with van der Waals surface area (Å²) in [4.78, 5) is 14.8. The Kier molecular flexibility index (Phi) is 34.3. The summed E-state index contributed by atoms with van der Waals surface area (Å²) in [7, 11) is 0. The first kappa shape index (κ1) is 88.6. The molecule has 0 spiro atoms. The third-order valence-corrected chi connectivity index (χ3v) is 25.1. The van der Waals surface area contributed by atoms with E-state index in [1.165, 1.54) is 319 Å². The zero-order valence-electron chi connectivity index (χ0n) is 74.6. The molecule has 3 nitrogen and oxygen atoms in total. The van der Waals surface area contributed by atoms with Crippen LogP contribution in [0.15, 0.2) is 182 Å². The molecule has 1 aliphatic rings. The van der Waals surface area contributed by atoms with Crippen LogP contribution >= 0.6 is 0 Å². The van der Waals surface area contributed by atoms with E-state index in [4.69, 9.17) is 15.0 Å². The average molecular weight is 1530 g/mol. The summed E-state index contributed by atoms with van der Waals surface area (Å²) in [5.74, 6) is 2.16. The Labute approximate surface area is 699 Å². The summed E-state index contributed by atoms with van der Waals surface area (Å²) in [6, 6.07) is 70.3. The number of benzene rings is 10. The molecule has 12 rings (SSSR count). The van der Waals surface area contributed by atoms with Gasteiger partial charge in [0.1, 0.15) is 0 Å². The van der Waals surface area contributed by atoms with Gasteiger partial charge in [0.2, 0.25) is 0 Å². The van der Waals surface area contributed by atoms with Crippen LogP contribution in [-0.4, -0.2) is 15.0 Å². The van der Waals surface area contributed by atoms with Crippen LogP contribution in [0, 0.1) is 83.1 Å². The van der Waals surface area contributed by atoms with E-state index < -0.39 is 5.41 Å². The lowest BCUT2D eigenvalue weighted by atomic mass is 9.66. The molecule has 0 unspecified atom stereocenters. The number of unbranched alkanes of at least 4 members (excludes halogenated alkanes) is 21. The largest absolute Gasteiger partial charge is 0.208 e. The zero-order valence-corrected chi connectivity index (χ0v) is 74.6. The molecule has 1 aliphatic carbocycles. The molecule has 606 valence electrons. The third-order valence-electron chi connectivity index (χ3n) is 25.1. The molecule has 0 saturated carbocycles. The quantitative estimate of drug-likeness (QED) is 0.0362. The number of aromatic nitrogens is 3. The van der Waals surface area contributed by atoms with Gasteiger partial charge in [-0.15, -0.1) is 0 Å². The van der Waals surface area contributed by atoms with E-state index >= 15 is 0 Å². The van der Waals surface area contributed by atoms with Crippen molar-refractivity contribution in [3.05, 3.63) is 299 Å². The zero-order chi connectivity index (χ0) is 81.8. The number of hydrogen-bond donors (Lipinski definition) is 0. The molecule has 1 heterocycles. The summed E-state index contributed by atoms with van der Waals surface area (Å²) in [6.07, 6.45) is 40.8. The van der Waals surface area contributed by atoms with Gasteiger partial charge < -0.3 is 0 Å². The molecule has 0 radical (unpaired) electrons. The van der Waals surface area contributed by atoms with Gasteiger partial charge in [0.25, 0.3) is 0 Å². The molecule has 0 bridgehead atoms. The minimum absolute atomic E-state index is 0.475. The van der Waals surface area contributed by atoms with E-state index in [9.17, 15) is 0 Å². The van der Waals surface area contributed by atoms with Crippen LogP contribution < -0.4 is 0 Å². The SMILES string of the molecule is CCCCCCCCCCCCc1ccc(-c2nc(-c3ccc(C)c(C)c3)nc(-c3ccc(C)c(C)c3)n2)cc1.CCCCCCc1cc(C)c(CCCCCC)cc1C.CCCCCCc1ccc(C2(c3ccc(CCCCCC)cc3)c3cc(-c4c(C)cc(C)cc4C)ccc3-c3ccc(-c4c(C)cc(C)cc4C)cc32)cc1. The second-order valence-corrected chi connectivity index (χ2v) is 34.7. The van der Waals surface area contributed by atoms with E-state index in [2.05, 4.69) is 300 Å². The maximum Gasteiger partial charge on any atom is 0.164 e. The number of nitrogens with zero attached hydrogens (tertiary/aromatic N) is 3. The first-order valence-corrected chi connectivity index (χ1v) is 45.5. The number of fused-ring (bicyclic) bond motifs is 3. The smallest absolute Gasteiger partial charge is 0.164 e. The Hall–Kier alpha value is -8.79. The highest BCUT2D eigenvalue weighted by Gasteiger charge is 2.47. The van der Waals surface area contributed by atoms with Gasteiger partial charge in [-0.05, 0) is 311 Å². The standard InChI is InChI=1S/C55H62.C37H47N3.C20H34/c1-9-11-13-15-17-43-19-25-47(26-20-43)55(48-27-21-44(22-28-48)18-16-14-12-10-2)51-35-45(53-39(5)31-37(3)32-40(53)6)23-29-49(51)50-30-24-46(36-52(50)55)54-41(7)33-38(4)34-42(54)8;1-6-7-8-9-10-11-12-13-14-15-16-31-19-23-32(24-20-31)35-38-36(33-21-17-27(2)29(4)25-33)40-37(39-35)34-22-18-28(3)30(5)26-34;1-5-7-9-11-13-19-15-18(4)20(16-17(19)3)14-12-10-8-6-2/h19-36H,9-18H2,1-8H3;17-26H,6-16H2,1-5H3;15-16H,5-14H2,1-4H3. The molecule has 0 aliphatic heterocycles. The lowest BCUT2D eigenvalue weighted by molar-refractivity contribution is 0.556. The van der Waals surface area contributed by atoms with Crippen LogP contribution in [-0.2, 0) is 37.5 Å². The molecule has 0 atom stereocenters. The maximum atomic E-state index is 4.94. The van der Waals surface area contributed by atoms with E-state index in [1.807, 2.05) is 0 Å². The Morgan fingerprint density at radius 2 is 0.496 bits per heavy atom. The van der Waals surface area contributed by atoms with Crippen LogP contribution in [0.25, 0.3) is 67.5 Å². The molecular formula is C112H143N3. The fraction of sp³-hybridized carbons (Fsp3) is 0.438. The fourth-order valence-electron chi connectivity index (χ4n) is 18.2. The lowest BCUT2D eigenvalue weighted by Gasteiger charge is -2.35. The van der Waals surface area contributed by atoms with Gasteiger partial charge in [-0.25, -0.2) is 15.0 Å². The van der Waals surface area contributed by atoms with Gasteiger partial charge in [-0.2, -0.15) is 0 Å². The van der Waals surface area contributed by atoms with Crippen molar-refractivity contribution in [2.75, 3.05) is 0 Å². The maximum absolute atomic E-state index is 4.94. The normalized spacial score (nSPS) is 12.0. The van der Waals surface area contributed by atoms with Crippen molar-refractivity contribution in [3.8, 4) is 67.5 Å². The molecular weight excluding hydrogens is 1390 g/mol. The predicted molar refractivity (Wildman–Crippen MR) is 501 cm³/mol. The molecule has 10 aromatic carbocycles. The van der Waals surface area contributed by atoms with Crippen molar-refractivity contribution in [1.82, 2.24) is 15.0 Å². The van der Waals surface area contributed by atoms with Gasteiger partial charge in [-0.1, -0.05) is 338 Å². The third kappa shape index (κ3) is 23.8. The summed E-state index contributed by atoms with van der Waals surface area (Å²) in [5, 5.41) is 0. The minimum atomic E-state index is -0.475. The van der Waals surface area contributed by atoms with Gasteiger partial charge in [0.15, 0.2) is 17.5 Å². The summed E-state index contributed by atoms with van der Waals surface area (Å²) in [6.45, 7) is 38.1. The van der Waals surface area contributed by atoms with Crippen LogP contribution in [0.4, 0.5) is 0 Å². The van der Waals surface area contributed by atoms with E-state index in [0.29, 0.717) is 0 Å². The highest BCUT2D eigenvalue weighted by atomic mass is 15.0. The molecule has 115 heavy (non-hydrogen) atoms. The van der Waals surface area contributed by atoms with Crippen molar-refractivity contribution in [3.63, 3.8) is 0 Å². The van der Waals surface area contributed by atoms with Gasteiger partial charge >= 0.3 is 0 Å². The summed E-state index contributed by atoms with van der Waals surface area (Å²) < 4.78 is 0.